The first-order valence-electron chi connectivity index (χ1n) is 7.03. The molecule has 1 aliphatic heterocycles. The average Bonchev–Trinajstić information content (AvgIpc) is 3.17. The van der Waals surface area contributed by atoms with Crippen LogP contribution in [0.3, 0.4) is 0 Å². The second-order valence-electron chi connectivity index (χ2n) is 4.83. The normalized spacial score (nSPS) is 17.7. The summed E-state index contributed by atoms with van der Waals surface area (Å²) in [7, 11) is 0. The second kappa shape index (κ2) is 6.37. The van der Waals surface area contributed by atoms with Crippen LogP contribution in [-0.2, 0) is 0 Å². The number of nitrogens with zero attached hydrogens (tertiary/aromatic N) is 2. The number of benzene rings is 1. The summed E-state index contributed by atoms with van der Waals surface area (Å²) in [5, 5.41) is 12.7. The molecule has 5 heteroatoms. The van der Waals surface area contributed by atoms with E-state index in [0.717, 1.165) is 18.7 Å². The zero-order chi connectivity index (χ0) is 14.7. The molecule has 21 heavy (non-hydrogen) atoms. The van der Waals surface area contributed by atoms with Gasteiger partial charge in [0.25, 0.3) is 0 Å². The van der Waals surface area contributed by atoms with E-state index in [1.807, 2.05) is 18.0 Å². The molecule has 3 rings (SSSR count). The first-order valence-corrected chi connectivity index (χ1v) is 8.31. The van der Waals surface area contributed by atoms with Gasteiger partial charge in [-0.1, -0.05) is 36.4 Å². The van der Waals surface area contributed by atoms with Gasteiger partial charge in [0.05, 0.1) is 16.6 Å². The maximum Gasteiger partial charge on any atom is 0.190 e. The van der Waals surface area contributed by atoms with Crippen LogP contribution in [-0.4, -0.2) is 22.4 Å². The zero-order valence-corrected chi connectivity index (χ0v) is 13.5. The Morgan fingerprint density at radius 1 is 1.33 bits per heavy atom. The molecule has 0 amide bonds. The molecule has 0 bridgehead atoms. The van der Waals surface area contributed by atoms with Crippen LogP contribution in [0, 0.1) is 0 Å². The largest absolute Gasteiger partial charge is 0.361 e. The van der Waals surface area contributed by atoms with Gasteiger partial charge in [0.15, 0.2) is 5.11 Å². The maximum absolute atomic E-state index is 5.48. The van der Waals surface area contributed by atoms with Gasteiger partial charge >= 0.3 is 0 Å². The van der Waals surface area contributed by atoms with Crippen LogP contribution in [0.15, 0.2) is 52.9 Å². The highest BCUT2D eigenvalue weighted by atomic mass is 32.1. The molecule has 2 heterocycles. The molecule has 1 aliphatic rings. The summed E-state index contributed by atoms with van der Waals surface area (Å²) in [5.74, 6) is 0. The summed E-state index contributed by atoms with van der Waals surface area (Å²) >= 11 is 7.21. The summed E-state index contributed by atoms with van der Waals surface area (Å²) in [6, 6.07) is 14.8. The molecule has 1 aromatic carbocycles. The minimum absolute atomic E-state index is 0.176. The van der Waals surface area contributed by atoms with Crippen LogP contribution in [0.4, 0.5) is 0 Å². The molecular formula is C16H17N3S2. The molecule has 0 aliphatic carbocycles. The van der Waals surface area contributed by atoms with Crippen LogP contribution >= 0.6 is 23.6 Å². The third kappa shape index (κ3) is 2.99. The quantitative estimate of drug-likeness (QED) is 0.873. The fraction of sp³-hybridized carbons (Fsp3) is 0.250. The number of thiophene rings is 1. The molecule has 108 valence electrons. The third-order valence-corrected chi connectivity index (χ3v) is 4.69. The Morgan fingerprint density at radius 2 is 2.14 bits per heavy atom. The van der Waals surface area contributed by atoms with Gasteiger partial charge in [-0.25, -0.2) is 5.01 Å². The van der Waals surface area contributed by atoms with Crippen molar-refractivity contribution in [1.29, 1.82) is 0 Å². The maximum atomic E-state index is 5.48. The second-order valence-corrected chi connectivity index (χ2v) is 6.17. The standard InChI is InChI=1S/C16H17N3S2/c1-2-17-16(20)19-14(12-7-4-3-5-8-12)11-13(18-19)15-9-6-10-21-15/h3-10,14H,2,11H2,1H3,(H,17,20). The Balaban J connectivity index is 1.91. The Kier molecular flexibility index (Phi) is 4.31. The van der Waals surface area contributed by atoms with Gasteiger partial charge in [0, 0.05) is 13.0 Å². The topological polar surface area (TPSA) is 27.6 Å². The highest BCUT2D eigenvalue weighted by Crippen LogP contribution is 2.33. The van der Waals surface area contributed by atoms with Gasteiger partial charge in [0.1, 0.15) is 0 Å². The number of rotatable bonds is 3. The van der Waals surface area contributed by atoms with Crippen LogP contribution in [0.1, 0.15) is 29.8 Å². The molecular weight excluding hydrogens is 298 g/mol. The van der Waals surface area contributed by atoms with E-state index in [0.29, 0.717) is 5.11 Å². The lowest BCUT2D eigenvalue weighted by Gasteiger charge is -2.24. The molecule has 1 unspecified atom stereocenters. The minimum atomic E-state index is 0.176. The molecule has 0 spiro atoms. The Morgan fingerprint density at radius 3 is 2.81 bits per heavy atom. The third-order valence-electron chi connectivity index (χ3n) is 3.44. The summed E-state index contributed by atoms with van der Waals surface area (Å²) in [4.78, 5) is 1.22. The van der Waals surface area contributed by atoms with E-state index >= 15 is 0 Å². The Bertz CT molecular complexity index is 635. The number of hydrogen-bond acceptors (Lipinski definition) is 3. The number of nitrogens with one attached hydrogen (secondary N) is 1. The highest BCUT2D eigenvalue weighted by molar-refractivity contribution is 7.80. The summed E-state index contributed by atoms with van der Waals surface area (Å²) < 4.78 is 0. The lowest BCUT2D eigenvalue weighted by atomic mass is 10.0. The smallest absolute Gasteiger partial charge is 0.190 e. The van der Waals surface area contributed by atoms with Crippen LogP contribution in [0.5, 0.6) is 0 Å². The van der Waals surface area contributed by atoms with E-state index in [1.54, 1.807) is 11.3 Å². The van der Waals surface area contributed by atoms with Crippen LogP contribution in [0.25, 0.3) is 0 Å². The summed E-state index contributed by atoms with van der Waals surface area (Å²) in [5.41, 5.74) is 2.35. The van der Waals surface area contributed by atoms with Gasteiger partial charge < -0.3 is 5.32 Å². The van der Waals surface area contributed by atoms with Crippen molar-refractivity contribution in [1.82, 2.24) is 10.3 Å². The number of hydrazone groups is 1. The van der Waals surface area contributed by atoms with E-state index in [2.05, 4.69) is 47.1 Å². The van der Waals surface area contributed by atoms with E-state index in [1.165, 1.54) is 10.4 Å². The van der Waals surface area contributed by atoms with Crippen molar-refractivity contribution in [2.45, 2.75) is 19.4 Å². The summed E-state index contributed by atoms with van der Waals surface area (Å²) in [6.07, 6.45) is 0.885. The molecule has 0 fully saturated rings. The first kappa shape index (κ1) is 14.2. The predicted molar refractivity (Wildman–Crippen MR) is 92.8 cm³/mol. The fourth-order valence-electron chi connectivity index (χ4n) is 2.46. The van der Waals surface area contributed by atoms with E-state index in [4.69, 9.17) is 17.3 Å². The van der Waals surface area contributed by atoms with Crippen LogP contribution < -0.4 is 5.32 Å². The molecule has 0 saturated heterocycles. The molecule has 1 aromatic heterocycles. The molecule has 1 N–H and O–H groups in total. The van der Waals surface area contributed by atoms with E-state index < -0.39 is 0 Å². The lowest BCUT2D eigenvalue weighted by molar-refractivity contribution is 0.365. The lowest BCUT2D eigenvalue weighted by Crippen LogP contribution is -2.36. The monoisotopic (exact) mass is 315 g/mol. The van der Waals surface area contributed by atoms with Gasteiger partial charge in [-0.2, -0.15) is 5.10 Å². The first-order chi connectivity index (χ1) is 10.3. The number of hydrogen-bond donors (Lipinski definition) is 1. The zero-order valence-electron chi connectivity index (χ0n) is 11.8. The molecule has 3 nitrogen and oxygen atoms in total. The average molecular weight is 315 g/mol. The van der Waals surface area contributed by atoms with Gasteiger partial charge in [-0.3, -0.25) is 0 Å². The van der Waals surface area contributed by atoms with Gasteiger partial charge in [0.2, 0.25) is 0 Å². The van der Waals surface area contributed by atoms with Crippen molar-refractivity contribution in [2.24, 2.45) is 5.10 Å². The molecule has 2 aromatic rings. The van der Waals surface area contributed by atoms with Crippen molar-refractivity contribution in [2.75, 3.05) is 6.54 Å². The predicted octanol–water partition coefficient (Wildman–Crippen LogP) is 3.79. The number of thiocarbonyl (C=S) groups is 1. The Labute approximate surface area is 134 Å². The van der Waals surface area contributed by atoms with Crippen molar-refractivity contribution < 1.29 is 0 Å². The molecule has 0 radical (unpaired) electrons. The van der Waals surface area contributed by atoms with Gasteiger partial charge in [-0.15, -0.1) is 11.3 Å². The molecule has 1 atom stereocenters. The van der Waals surface area contributed by atoms with Crippen molar-refractivity contribution >= 4 is 34.4 Å². The van der Waals surface area contributed by atoms with E-state index in [-0.39, 0.29) is 6.04 Å². The van der Waals surface area contributed by atoms with Crippen LogP contribution in [0.2, 0.25) is 0 Å². The Hall–Kier alpha value is -1.72. The minimum Gasteiger partial charge on any atom is -0.361 e. The highest BCUT2D eigenvalue weighted by Gasteiger charge is 2.31. The van der Waals surface area contributed by atoms with Crippen molar-refractivity contribution in [3.63, 3.8) is 0 Å². The summed E-state index contributed by atoms with van der Waals surface area (Å²) in [6.45, 7) is 2.85. The van der Waals surface area contributed by atoms with Gasteiger partial charge in [-0.05, 0) is 36.2 Å². The fourth-order valence-corrected chi connectivity index (χ4v) is 3.49. The SMILES string of the molecule is CCNC(=S)N1N=C(c2cccs2)CC1c1ccccc1. The van der Waals surface area contributed by atoms with Crippen molar-refractivity contribution in [3.8, 4) is 0 Å². The molecule has 0 saturated carbocycles. The van der Waals surface area contributed by atoms with E-state index in [9.17, 15) is 0 Å². The van der Waals surface area contributed by atoms with Crippen molar-refractivity contribution in [3.05, 3.63) is 58.3 Å².